The van der Waals surface area contributed by atoms with Crippen molar-refractivity contribution >= 4 is 29.1 Å². The second-order valence-electron chi connectivity index (χ2n) is 5.83. The molecule has 0 aromatic heterocycles. The standard InChI is InChI=1S/C18H13FN2O5/c19-12-4-8-16-15(9-12)18(24,17(23)20-16)10-14(22)7-3-11-1-5-13(6-2-11)21(25)26/h1-9,24H,10H2,(H,20,23). The van der Waals surface area contributed by atoms with E-state index in [0.29, 0.717) is 5.56 Å². The largest absolute Gasteiger partial charge is 0.375 e. The Labute approximate surface area is 146 Å². The number of ketones is 1. The van der Waals surface area contributed by atoms with E-state index in [1.54, 1.807) is 0 Å². The molecule has 1 heterocycles. The number of nitrogens with zero attached hydrogens (tertiary/aromatic N) is 1. The summed E-state index contributed by atoms with van der Waals surface area (Å²) in [7, 11) is 0. The number of nitro benzene ring substituents is 1. The van der Waals surface area contributed by atoms with Crippen LogP contribution in [0.4, 0.5) is 15.8 Å². The third kappa shape index (κ3) is 3.22. The zero-order valence-corrected chi connectivity index (χ0v) is 13.3. The van der Waals surface area contributed by atoms with Gasteiger partial charge in [0.1, 0.15) is 5.82 Å². The van der Waals surface area contributed by atoms with Crippen molar-refractivity contribution in [2.75, 3.05) is 5.32 Å². The van der Waals surface area contributed by atoms with Gasteiger partial charge in [0, 0.05) is 23.4 Å². The first-order valence-corrected chi connectivity index (χ1v) is 7.59. The van der Waals surface area contributed by atoms with Gasteiger partial charge in [-0.15, -0.1) is 0 Å². The summed E-state index contributed by atoms with van der Waals surface area (Å²) < 4.78 is 13.4. The number of rotatable bonds is 5. The Morgan fingerprint density at radius 1 is 1.27 bits per heavy atom. The second kappa shape index (κ2) is 6.49. The van der Waals surface area contributed by atoms with Crippen molar-refractivity contribution in [3.05, 3.63) is 75.6 Å². The number of anilines is 1. The molecule has 2 aromatic carbocycles. The van der Waals surface area contributed by atoms with Gasteiger partial charge in [0.15, 0.2) is 11.4 Å². The summed E-state index contributed by atoms with van der Waals surface area (Å²) in [5, 5.41) is 23.6. The number of fused-ring (bicyclic) bond motifs is 1. The zero-order chi connectivity index (χ0) is 18.9. The Kier molecular flexibility index (Phi) is 4.35. The van der Waals surface area contributed by atoms with E-state index in [2.05, 4.69) is 5.32 Å². The van der Waals surface area contributed by atoms with E-state index in [0.717, 1.165) is 18.2 Å². The highest BCUT2D eigenvalue weighted by Crippen LogP contribution is 2.38. The Balaban J connectivity index is 1.76. The number of aliphatic hydroxyl groups is 1. The van der Waals surface area contributed by atoms with Crippen molar-refractivity contribution in [2.45, 2.75) is 12.0 Å². The molecule has 0 radical (unpaired) electrons. The Hall–Kier alpha value is -3.39. The quantitative estimate of drug-likeness (QED) is 0.486. The number of hydrogen-bond donors (Lipinski definition) is 2. The maximum absolute atomic E-state index is 13.4. The van der Waals surface area contributed by atoms with Crippen LogP contribution in [0, 0.1) is 15.9 Å². The van der Waals surface area contributed by atoms with Crippen molar-refractivity contribution < 1.29 is 24.0 Å². The van der Waals surface area contributed by atoms with Gasteiger partial charge in [-0.2, -0.15) is 0 Å². The molecule has 0 aliphatic carbocycles. The third-order valence-electron chi connectivity index (χ3n) is 4.05. The molecule has 1 unspecified atom stereocenters. The van der Waals surface area contributed by atoms with E-state index in [9.17, 15) is 29.2 Å². The Morgan fingerprint density at radius 2 is 1.96 bits per heavy atom. The van der Waals surface area contributed by atoms with E-state index in [1.165, 1.54) is 36.4 Å². The van der Waals surface area contributed by atoms with E-state index in [-0.39, 0.29) is 16.9 Å². The molecule has 1 aliphatic rings. The zero-order valence-electron chi connectivity index (χ0n) is 13.3. The van der Waals surface area contributed by atoms with E-state index >= 15 is 0 Å². The maximum Gasteiger partial charge on any atom is 0.269 e. The van der Waals surface area contributed by atoms with E-state index < -0.39 is 34.5 Å². The number of non-ortho nitro benzene ring substituents is 1. The molecule has 1 amide bonds. The number of nitrogens with one attached hydrogen (secondary N) is 1. The monoisotopic (exact) mass is 356 g/mol. The molecule has 7 nitrogen and oxygen atoms in total. The van der Waals surface area contributed by atoms with Crippen LogP contribution in [0.25, 0.3) is 6.08 Å². The summed E-state index contributed by atoms with van der Waals surface area (Å²) >= 11 is 0. The Bertz CT molecular complexity index is 939. The van der Waals surface area contributed by atoms with Crippen LogP contribution in [-0.2, 0) is 15.2 Å². The topological polar surface area (TPSA) is 110 Å². The first-order valence-electron chi connectivity index (χ1n) is 7.59. The summed E-state index contributed by atoms with van der Waals surface area (Å²) in [5.41, 5.74) is -1.41. The minimum atomic E-state index is -2.14. The lowest BCUT2D eigenvalue weighted by Crippen LogP contribution is -2.36. The number of allylic oxidation sites excluding steroid dienone is 1. The minimum absolute atomic E-state index is 0.0135. The molecule has 0 bridgehead atoms. The minimum Gasteiger partial charge on any atom is -0.375 e. The Morgan fingerprint density at radius 3 is 2.62 bits per heavy atom. The van der Waals surface area contributed by atoms with Gasteiger partial charge in [0.2, 0.25) is 0 Å². The fraction of sp³-hybridized carbons (Fsp3) is 0.111. The number of benzene rings is 2. The third-order valence-corrected chi connectivity index (χ3v) is 4.05. The predicted molar refractivity (Wildman–Crippen MR) is 90.7 cm³/mol. The van der Waals surface area contributed by atoms with Crippen LogP contribution in [0.1, 0.15) is 17.5 Å². The maximum atomic E-state index is 13.4. The molecule has 2 N–H and O–H groups in total. The van der Waals surface area contributed by atoms with Gasteiger partial charge in [0.25, 0.3) is 11.6 Å². The number of amides is 1. The number of nitro groups is 1. The molecule has 26 heavy (non-hydrogen) atoms. The predicted octanol–water partition coefficient (Wildman–Crippen LogP) is 2.55. The lowest BCUT2D eigenvalue weighted by molar-refractivity contribution is -0.384. The molecular formula is C18H13FN2O5. The van der Waals surface area contributed by atoms with Crippen molar-refractivity contribution in [2.24, 2.45) is 0 Å². The van der Waals surface area contributed by atoms with Gasteiger partial charge in [0.05, 0.1) is 11.3 Å². The second-order valence-corrected chi connectivity index (χ2v) is 5.83. The van der Waals surface area contributed by atoms with Gasteiger partial charge >= 0.3 is 0 Å². The molecule has 2 aromatic rings. The van der Waals surface area contributed by atoms with Crippen molar-refractivity contribution in [3.63, 3.8) is 0 Å². The molecule has 132 valence electrons. The van der Waals surface area contributed by atoms with Crippen molar-refractivity contribution in [1.29, 1.82) is 0 Å². The highest BCUT2D eigenvalue weighted by Gasteiger charge is 2.46. The van der Waals surface area contributed by atoms with Crippen LogP contribution < -0.4 is 5.32 Å². The van der Waals surface area contributed by atoms with Crippen LogP contribution in [0.2, 0.25) is 0 Å². The molecule has 3 rings (SSSR count). The smallest absolute Gasteiger partial charge is 0.269 e. The first kappa shape index (κ1) is 17.4. The summed E-state index contributed by atoms with van der Waals surface area (Å²) in [6.45, 7) is 0. The molecule has 8 heteroatoms. The van der Waals surface area contributed by atoms with Crippen LogP contribution >= 0.6 is 0 Å². The molecule has 0 saturated carbocycles. The molecule has 0 spiro atoms. The van der Waals surface area contributed by atoms with Crippen molar-refractivity contribution in [1.82, 2.24) is 0 Å². The summed E-state index contributed by atoms with van der Waals surface area (Å²) in [6.07, 6.45) is 2.01. The fourth-order valence-corrected chi connectivity index (χ4v) is 2.70. The number of halogens is 1. The fourth-order valence-electron chi connectivity index (χ4n) is 2.70. The highest BCUT2D eigenvalue weighted by molar-refractivity contribution is 6.08. The molecule has 0 fully saturated rings. The number of carbonyl (C=O) groups is 2. The SMILES string of the molecule is O=C(C=Cc1ccc([N+](=O)[O-])cc1)CC1(O)C(=O)Nc2ccc(F)cc21. The normalized spacial score (nSPS) is 18.6. The summed E-state index contributed by atoms with van der Waals surface area (Å²) in [6, 6.07) is 8.98. The van der Waals surface area contributed by atoms with Gasteiger partial charge < -0.3 is 10.4 Å². The first-order chi connectivity index (χ1) is 12.3. The average molecular weight is 356 g/mol. The molecule has 1 atom stereocenters. The number of hydrogen-bond acceptors (Lipinski definition) is 5. The van der Waals surface area contributed by atoms with Gasteiger partial charge in [-0.1, -0.05) is 6.08 Å². The number of carbonyl (C=O) groups excluding carboxylic acids is 2. The lowest BCUT2D eigenvalue weighted by Gasteiger charge is -2.19. The molecular weight excluding hydrogens is 343 g/mol. The van der Waals surface area contributed by atoms with Crippen LogP contribution in [0.3, 0.4) is 0 Å². The lowest BCUT2D eigenvalue weighted by atomic mass is 9.89. The van der Waals surface area contributed by atoms with Crippen LogP contribution in [0.5, 0.6) is 0 Å². The summed E-state index contributed by atoms with van der Waals surface area (Å²) in [4.78, 5) is 34.3. The van der Waals surface area contributed by atoms with Gasteiger partial charge in [-0.05, 0) is 42.0 Å². The van der Waals surface area contributed by atoms with E-state index in [4.69, 9.17) is 0 Å². The van der Waals surface area contributed by atoms with Crippen LogP contribution in [0.15, 0.2) is 48.5 Å². The van der Waals surface area contributed by atoms with E-state index in [1.807, 2.05) is 0 Å². The van der Waals surface area contributed by atoms with Crippen molar-refractivity contribution in [3.8, 4) is 0 Å². The highest BCUT2D eigenvalue weighted by atomic mass is 19.1. The van der Waals surface area contributed by atoms with Crippen LogP contribution in [-0.4, -0.2) is 21.7 Å². The van der Waals surface area contributed by atoms with Gasteiger partial charge in [-0.25, -0.2) is 4.39 Å². The molecule has 1 aliphatic heterocycles. The van der Waals surface area contributed by atoms with Gasteiger partial charge in [-0.3, -0.25) is 19.7 Å². The molecule has 0 saturated heterocycles. The summed E-state index contributed by atoms with van der Waals surface area (Å²) in [5.74, 6) is -1.99. The average Bonchev–Trinajstić information content (AvgIpc) is 2.84.